The molecule has 2 aromatic carbocycles. The minimum absolute atomic E-state index is 0. The van der Waals surface area contributed by atoms with Gasteiger partial charge in [0.25, 0.3) is 0 Å². The molecule has 5 heterocycles. The predicted molar refractivity (Wildman–Crippen MR) is 164 cm³/mol. The minimum atomic E-state index is 0. The second kappa shape index (κ2) is 12.5. The van der Waals surface area contributed by atoms with Crippen LogP contribution in [0.25, 0.3) is 46.4 Å². The van der Waals surface area contributed by atoms with Gasteiger partial charge in [0.05, 0.1) is 22.8 Å². The summed E-state index contributed by atoms with van der Waals surface area (Å²) in [6, 6.07) is 35.0. The average molecular weight is 560 g/mol. The topological polar surface area (TPSA) is 83.4 Å². The SMILES string of the molecule is C1=Cc2cc3ccc(cc4ccc(cc5nc(cc1n2)C=C5)[nH]4)[nH]3.Nc1ccccc1CCc1ccccc1.[Cr]. The number of nitrogens with one attached hydrogen (secondary N) is 2. The Morgan fingerprint density at radius 2 is 0.975 bits per heavy atom. The number of hydrogen-bond acceptors (Lipinski definition) is 3. The summed E-state index contributed by atoms with van der Waals surface area (Å²) in [5, 5.41) is 0. The van der Waals surface area contributed by atoms with Gasteiger partial charge in [0.1, 0.15) is 0 Å². The molecule has 0 atom stereocenters. The largest absolute Gasteiger partial charge is 0.399 e. The summed E-state index contributed by atoms with van der Waals surface area (Å²) in [6.07, 6.45) is 10.1. The Labute approximate surface area is 244 Å². The fraction of sp³-hybridized carbons (Fsp3) is 0.0588. The third-order valence-corrected chi connectivity index (χ3v) is 6.62. The summed E-state index contributed by atoms with van der Waals surface area (Å²) in [4.78, 5) is 16.0. The van der Waals surface area contributed by atoms with Gasteiger partial charge in [-0.15, -0.1) is 0 Å². The third-order valence-electron chi connectivity index (χ3n) is 6.62. The fourth-order valence-corrected chi connectivity index (χ4v) is 4.63. The van der Waals surface area contributed by atoms with Crippen molar-refractivity contribution in [2.24, 2.45) is 0 Å². The van der Waals surface area contributed by atoms with Gasteiger partial charge < -0.3 is 15.7 Å². The maximum absolute atomic E-state index is 5.88. The molecule has 5 aromatic rings. The first-order chi connectivity index (χ1) is 19.2. The standard InChI is InChI=1S/C20H14N4.C14H15N.Cr/c1-2-14-10-16-5-6-18(23-16)12-20-8-7-19(24-20)11-17-4-3-15(22-17)9-13(1)21-14;15-14-9-5-4-8-13(14)11-10-12-6-2-1-3-7-12;/h1-12,21-22H;1-9H,10-11,15H2;. The quantitative estimate of drug-likeness (QED) is 0.194. The van der Waals surface area contributed by atoms with Gasteiger partial charge in [0, 0.05) is 45.1 Å². The molecule has 0 amide bonds. The van der Waals surface area contributed by atoms with E-state index < -0.39 is 0 Å². The Kier molecular flexibility index (Phi) is 8.41. The Morgan fingerprint density at radius 1 is 0.500 bits per heavy atom. The maximum Gasteiger partial charge on any atom is 0.0659 e. The van der Waals surface area contributed by atoms with Crippen LogP contribution in [0.5, 0.6) is 0 Å². The molecule has 0 saturated carbocycles. The van der Waals surface area contributed by atoms with Crippen molar-refractivity contribution < 1.29 is 17.4 Å². The van der Waals surface area contributed by atoms with E-state index in [9.17, 15) is 0 Å². The van der Waals surface area contributed by atoms with E-state index in [4.69, 9.17) is 5.73 Å². The number of H-pyrrole nitrogens is 2. The molecule has 0 unspecified atom stereocenters. The van der Waals surface area contributed by atoms with Gasteiger partial charge in [-0.05, 0) is 103 Å². The van der Waals surface area contributed by atoms with E-state index in [0.717, 1.165) is 63.4 Å². The molecule has 0 radical (unpaired) electrons. The van der Waals surface area contributed by atoms with Crippen molar-refractivity contribution in [3.05, 3.63) is 137 Å². The van der Waals surface area contributed by atoms with Crippen LogP contribution in [-0.2, 0) is 30.2 Å². The van der Waals surface area contributed by atoms with E-state index in [1.165, 1.54) is 11.1 Å². The van der Waals surface area contributed by atoms with Crippen LogP contribution in [0.15, 0.2) is 103 Å². The Morgan fingerprint density at radius 3 is 1.52 bits per heavy atom. The molecule has 8 bridgehead atoms. The molecule has 0 spiro atoms. The molecule has 5 nitrogen and oxygen atoms in total. The van der Waals surface area contributed by atoms with Gasteiger partial charge in [-0.1, -0.05) is 48.5 Å². The Bertz CT molecular complexity index is 1740. The summed E-state index contributed by atoms with van der Waals surface area (Å²) in [6.45, 7) is 0. The second-order valence-electron chi connectivity index (χ2n) is 9.59. The number of rotatable bonds is 3. The van der Waals surface area contributed by atoms with Crippen molar-refractivity contribution in [2.75, 3.05) is 5.73 Å². The fourth-order valence-electron chi connectivity index (χ4n) is 4.63. The van der Waals surface area contributed by atoms with Crippen molar-refractivity contribution in [1.29, 1.82) is 0 Å². The van der Waals surface area contributed by atoms with Gasteiger partial charge in [-0.3, -0.25) is 0 Å². The van der Waals surface area contributed by atoms with Crippen molar-refractivity contribution >= 4 is 52.1 Å². The maximum atomic E-state index is 5.88. The molecule has 6 heteroatoms. The predicted octanol–water partition coefficient (Wildman–Crippen LogP) is 7.71. The normalized spacial score (nSPS) is 11.4. The molecule has 2 aliphatic heterocycles. The first kappa shape index (κ1) is 27.0. The van der Waals surface area contributed by atoms with Crippen LogP contribution in [0.1, 0.15) is 33.9 Å². The second-order valence-corrected chi connectivity index (χ2v) is 9.59. The van der Waals surface area contributed by atoms with E-state index in [1.54, 1.807) is 0 Å². The number of aromatic amines is 2. The number of aryl methyl sites for hydroxylation is 2. The molecule has 0 aliphatic carbocycles. The van der Waals surface area contributed by atoms with Crippen LogP contribution in [0.2, 0.25) is 0 Å². The number of aromatic nitrogens is 4. The molecule has 7 rings (SSSR count). The van der Waals surface area contributed by atoms with Crippen molar-refractivity contribution in [2.45, 2.75) is 12.8 Å². The van der Waals surface area contributed by atoms with E-state index in [1.807, 2.05) is 66.8 Å². The first-order valence-corrected chi connectivity index (χ1v) is 13.1. The van der Waals surface area contributed by atoms with Gasteiger partial charge >= 0.3 is 0 Å². The van der Waals surface area contributed by atoms with Gasteiger partial charge in [0.2, 0.25) is 0 Å². The zero-order chi connectivity index (χ0) is 26.4. The molecule has 0 saturated heterocycles. The van der Waals surface area contributed by atoms with Gasteiger partial charge in [-0.2, -0.15) is 0 Å². The average Bonchev–Trinajstić information content (AvgIpc) is 3.76. The summed E-state index contributed by atoms with van der Waals surface area (Å²) < 4.78 is 0. The van der Waals surface area contributed by atoms with Crippen molar-refractivity contribution in [1.82, 2.24) is 19.9 Å². The number of hydrogen-bond donors (Lipinski definition) is 3. The van der Waals surface area contributed by atoms with E-state index >= 15 is 0 Å². The van der Waals surface area contributed by atoms with Crippen LogP contribution in [0.4, 0.5) is 5.69 Å². The monoisotopic (exact) mass is 559 g/mol. The first-order valence-electron chi connectivity index (χ1n) is 13.1. The summed E-state index contributed by atoms with van der Waals surface area (Å²) in [7, 11) is 0. The van der Waals surface area contributed by atoms with Crippen molar-refractivity contribution in [3.63, 3.8) is 0 Å². The number of nitrogen functional groups attached to an aromatic ring is 1. The van der Waals surface area contributed by atoms with Crippen LogP contribution in [-0.4, -0.2) is 19.9 Å². The Hall–Kier alpha value is -4.63. The molecule has 2 aliphatic rings. The number of nitrogens with zero attached hydrogens (tertiary/aromatic N) is 2. The summed E-state index contributed by atoms with van der Waals surface area (Å²) in [5.74, 6) is 0. The number of anilines is 1. The zero-order valence-electron chi connectivity index (χ0n) is 21.9. The van der Waals surface area contributed by atoms with E-state index in [-0.39, 0.29) is 17.4 Å². The van der Waals surface area contributed by atoms with Gasteiger partial charge in [-0.25, -0.2) is 9.97 Å². The van der Waals surface area contributed by atoms with Crippen LogP contribution < -0.4 is 5.73 Å². The number of benzene rings is 2. The van der Waals surface area contributed by atoms with Crippen LogP contribution >= 0.6 is 0 Å². The molecule has 0 fully saturated rings. The van der Waals surface area contributed by atoms with E-state index in [0.29, 0.717) is 0 Å². The van der Waals surface area contributed by atoms with Crippen LogP contribution in [0.3, 0.4) is 0 Å². The molecular formula is C34H29CrN5. The Balaban J connectivity index is 0.000000175. The van der Waals surface area contributed by atoms with Crippen molar-refractivity contribution in [3.8, 4) is 0 Å². The molecule has 40 heavy (non-hydrogen) atoms. The summed E-state index contributed by atoms with van der Waals surface area (Å²) >= 11 is 0. The molecular weight excluding hydrogens is 530 g/mol. The zero-order valence-corrected chi connectivity index (χ0v) is 23.2. The van der Waals surface area contributed by atoms with E-state index in [2.05, 4.69) is 80.6 Å². The summed E-state index contributed by atoms with van der Waals surface area (Å²) in [5.41, 5.74) is 17.2. The van der Waals surface area contributed by atoms with Gasteiger partial charge in [0.15, 0.2) is 0 Å². The smallest absolute Gasteiger partial charge is 0.0659 e. The molecule has 3 aromatic heterocycles. The number of nitrogens with two attached hydrogens (primary N) is 1. The molecule has 4 N–H and O–H groups in total. The number of para-hydroxylation sites is 1. The van der Waals surface area contributed by atoms with Crippen LogP contribution in [0, 0.1) is 0 Å². The molecule has 196 valence electrons. The number of fused-ring (bicyclic) bond motifs is 8. The minimum Gasteiger partial charge on any atom is -0.399 e. The third kappa shape index (κ3) is 6.87.